The molecule has 4 nitrogen and oxygen atoms in total. The topological polar surface area (TPSA) is 52.6 Å². The van der Waals surface area contributed by atoms with Crippen molar-refractivity contribution >= 4 is 35.6 Å². The van der Waals surface area contributed by atoms with Gasteiger partial charge in [0.15, 0.2) is 5.78 Å². The van der Waals surface area contributed by atoms with Crippen molar-refractivity contribution in [3.63, 3.8) is 0 Å². The third-order valence-corrected chi connectivity index (χ3v) is 8.06. The van der Waals surface area contributed by atoms with E-state index in [0.717, 1.165) is 16.9 Å². The Bertz CT molecular complexity index is 742. The standard InChI is InChI=1S/C19H22ClO4PS/c1-3-23-25(22,24-4-2)26-19(16-10-12-17(20)13-11-16)14-18(21)15-8-6-5-7-9-15/h5-13,19H,3-4,14H2,1-2H3/t19-/m1/s1. The molecule has 0 bridgehead atoms. The van der Waals surface area contributed by atoms with Crippen molar-refractivity contribution < 1.29 is 18.4 Å². The minimum atomic E-state index is -3.37. The first-order valence-corrected chi connectivity index (χ1v) is 11.8. The van der Waals surface area contributed by atoms with Gasteiger partial charge in [-0.3, -0.25) is 4.79 Å². The highest BCUT2D eigenvalue weighted by atomic mass is 35.5. The lowest BCUT2D eigenvalue weighted by Crippen LogP contribution is -2.06. The van der Waals surface area contributed by atoms with Crippen LogP contribution in [-0.2, 0) is 13.6 Å². The summed E-state index contributed by atoms with van der Waals surface area (Å²) in [5, 5.41) is 0.230. The van der Waals surface area contributed by atoms with Crippen LogP contribution in [0.25, 0.3) is 0 Å². The molecule has 0 aromatic heterocycles. The zero-order chi connectivity index (χ0) is 19.0. The summed E-state index contributed by atoms with van der Waals surface area (Å²) in [6.07, 6.45) is 0.181. The number of carbonyl (C=O) groups excluding carboxylic acids is 1. The van der Waals surface area contributed by atoms with Crippen LogP contribution in [0.4, 0.5) is 0 Å². The molecule has 0 unspecified atom stereocenters. The highest BCUT2D eigenvalue weighted by molar-refractivity contribution is 8.55. The number of hydrogen-bond acceptors (Lipinski definition) is 5. The van der Waals surface area contributed by atoms with E-state index >= 15 is 0 Å². The van der Waals surface area contributed by atoms with E-state index < -0.39 is 6.80 Å². The number of ketones is 1. The number of rotatable bonds is 10. The normalized spacial score (nSPS) is 12.7. The molecule has 7 heteroatoms. The van der Waals surface area contributed by atoms with E-state index in [0.29, 0.717) is 10.6 Å². The average molecular weight is 413 g/mol. The molecule has 2 rings (SSSR count). The van der Waals surface area contributed by atoms with Crippen LogP contribution >= 0.6 is 29.8 Å². The van der Waals surface area contributed by atoms with Crippen LogP contribution < -0.4 is 0 Å². The van der Waals surface area contributed by atoms with Crippen LogP contribution in [0.2, 0.25) is 5.02 Å². The summed E-state index contributed by atoms with van der Waals surface area (Å²) in [4.78, 5) is 12.7. The number of Topliss-reactive ketones (excluding diaryl/α,β-unsaturated/α-hetero) is 1. The van der Waals surface area contributed by atoms with Gasteiger partial charge in [-0.2, -0.15) is 0 Å². The van der Waals surface area contributed by atoms with E-state index in [4.69, 9.17) is 20.6 Å². The molecular formula is C19H22ClO4PS. The fourth-order valence-electron chi connectivity index (χ4n) is 2.37. The van der Waals surface area contributed by atoms with Crippen molar-refractivity contribution in [1.82, 2.24) is 0 Å². The van der Waals surface area contributed by atoms with Gasteiger partial charge in [-0.05, 0) is 42.9 Å². The minimum Gasteiger partial charge on any atom is -0.301 e. The zero-order valence-corrected chi connectivity index (χ0v) is 17.2. The number of benzene rings is 2. The summed E-state index contributed by atoms with van der Waals surface area (Å²) in [6.45, 7) is 0.692. The molecule has 0 spiro atoms. The van der Waals surface area contributed by atoms with Gasteiger partial charge in [-0.1, -0.05) is 54.1 Å². The molecule has 0 amide bonds. The Kier molecular flexibility index (Phi) is 8.39. The van der Waals surface area contributed by atoms with Crippen LogP contribution in [-0.4, -0.2) is 19.0 Å². The smallest absolute Gasteiger partial charge is 0.301 e. The van der Waals surface area contributed by atoms with Gasteiger partial charge in [0.05, 0.1) is 13.2 Å². The Morgan fingerprint density at radius 1 is 1.04 bits per heavy atom. The van der Waals surface area contributed by atoms with E-state index in [1.165, 1.54) is 0 Å². The molecule has 0 aliphatic rings. The lowest BCUT2D eigenvalue weighted by atomic mass is 10.0. The molecule has 26 heavy (non-hydrogen) atoms. The molecule has 2 aromatic carbocycles. The second-order valence-electron chi connectivity index (χ2n) is 5.42. The van der Waals surface area contributed by atoms with Crippen LogP contribution in [0.5, 0.6) is 0 Å². The summed E-state index contributed by atoms with van der Waals surface area (Å²) in [5.74, 6) is -0.0300. The van der Waals surface area contributed by atoms with Gasteiger partial charge in [0.1, 0.15) is 0 Å². The SMILES string of the molecule is CCOP(=O)(OCC)S[C@H](CC(=O)c1ccccc1)c1ccc(Cl)cc1. The Morgan fingerprint density at radius 3 is 2.15 bits per heavy atom. The molecule has 0 N–H and O–H groups in total. The largest absolute Gasteiger partial charge is 0.389 e. The average Bonchev–Trinajstić information content (AvgIpc) is 2.63. The van der Waals surface area contributed by atoms with Gasteiger partial charge in [0.2, 0.25) is 0 Å². The van der Waals surface area contributed by atoms with E-state index in [1.54, 1.807) is 38.1 Å². The monoisotopic (exact) mass is 412 g/mol. The second kappa shape index (κ2) is 10.3. The van der Waals surface area contributed by atoms with Crippen LogP contribution in [0.3, 0.4) is 0 Å². The highest BCUT2D eigenvalue weighted by Crippen LogP contribution is 2.66. The summed E-state index contributed by atoms with van der Waals surface area (Å²) in [5.41, 5.74) is 1.47. The Balaban J connectivity index is 2.28. The lowest BCUT2D eigenvalue weighted by molar-refractivity contribution is 0.0982. The van der Waals surface area contributed by atoms with Gasteiger partial charge in [-0.25, -0.2) is 4.57 Å². The number of hydrogen-bond donors (Lipinski definition) is 0. The van der Waals surface area contributed by atoms with Crippen LogP contribution in [0.1, 0.15) is 41.4 Å². The maximum Gasteiger partial charge on any atom is 0.389 e. The third-order valence-electron chi connectivity index (χ3n) is 3.54. The molecule has 140 valence electrons. The maximum atomic E-state index is 13.0. The van der Waals surface area contributed by atoms with E-state index in [-0.39, 0.29) is 30.7 Å². The molecule has 0 aliphatic carbocycles. The highest BCUT2D eigenvalue weighted by Gasteiger charge is 2.32. The number of carbonyl (C=O) groups is 1. The molecule has 0 aliphatic heterocycles. The summed E-state index contributed by atoms with van der Waals surface area (Å²) in [6, 6.07) is 16.2. The number of halogens is 1. The predicted octanol–water partition coefficient (Wildman–Crippen LogP) is 6.57. The van der Waals surface area contributed by atoms with Crippen molar-refractivity contribution in [2.24, 2.45) is 0 Å². The van der Waals surface area contributed by atoms with E-state index in [9.17, 15) is 9.36 Å². The second-order valence-corrected chi connectivity index (χ2v) is 10.0. The molecule has 0 radical (unpaired) electrons. The van der Waals surface area contributed by atoms with Crippen molar-refractivity contribution in [1.29, 1.82) is 0 Å². The summed E-state index contributed by atoms with van der Waals surface area (Å²) < 4.78 is 23.7. The first kappa shape index (κ1) is 21.2. The van der Waals surface area contributed by atoms with Crippen LogP contribution in [0, 0.1) is 0 Å². The first-order valence-electron chi connectivity index (χ1n) is 8.38. The third kappa shape index (κ3) is 6.26. The van der Waals surface area contributed by atoms with E-state index in [1.807, 2.05) is 30.3 Å². The fourth-order valence-corrected chi connectivity index (χ4v) is 6.67. The Hall–Kier alpha value is -1.10. The van der Waals surface area contributed by atoms with Gasteiger partial charge in [0, 0.05) is 22.3 Å². The van der Waals surface area contributed by atoms with Crippen molar-refractivity contribution in [3.8, 4) is 0 Å². The van der Waals surface area contributed by atoms with Gasteiger partial charge >= 0.3 is 6.80 Å². The molecule has 1 atom stereocenters. The zero-order valence-electron chi connectivity index (χ0n) is 14.8. The summed E-state index contributed by atoms with van der Waals surface area (Å²) >= 11 is 7.04. The Morgan fingerprint density at radius 2 is 1.62 bits per heavy atom. The molecule has 0 saturated carbocycles. The quantitative estimate of drug-likeness (QED) is 0.326. The fraction of sp³-hybridized carbons (Fsp3) is 0.316. The molecule has 0 saturated heterocycles. The molecule has 2 aromatic rings. The van der Waals surface area contributed by atoms with Gasteiger partial charge in [-0.15, -0.1) is 0 Å². The van der Waals surface area contributed by atoms with E-state index in [2.05, 4.69) is 0 Å². The lowest BCUT2D eigenvalue weighted by Gasteiger charge is -2.22. The van der Waals surface area contributed by atoms with Crippen molar-refractivity contribution in [2.75, 3.05) is 13.2 Å². The summed E-state index contributed by atoms with van der Waals surface area (Å²) in [7, 11) is 0. The predicted molar refractivity (Wildman–Crippen MR) is 108 cm³/mol. The molecule has 0 heterocycles. The van der Waals surface area contributed by atoms with Gasteiger partial charge < -0.3 is 9.05 Å². The van der Waals surface area contributed by atoms with Crippen molar-refractivity contribution in [2.45, 2.75) is 25.5 Å². The molecular weight excluding hydrogens is 391 g/mol. The molecule has 0 fully saturated rings. The van der Waals surface area contributed by atoms with Crippen molar-refractivity contribution in [3.05, 3.63) is 70.7 Å². The van der Waals surface area contributed by atoms with Gasteiger partial charge in [0.25, 0.3) is 0 Å². The maximum absolute atomic E-state index is 13.0. The minimum absolute atomic E-state index is 0.0300. The van der Waals surface area contributed by atoms with Crippen LogP contribution in [0.15, 0.2) is 54.6 Å². The first-order chi connectivity index (χ1) is 12.5. The Labute approximate surface area is 163 Å².